The molecule has 11 heavy (non-hydrogen) atoms. The van der Waals surface area contributed by atoms with Crippen LogP contribution in [0.5, 0.6) is 0 Å². The molecule has 0 N–H and O–H groups in total. The molecular weight excluding hydrogens is 136 g/mol. The first-order valence-corrected chi connectivity index (χ1v) is 4.21. The average molecular weight is 152 g/mol. The van der Waals surface area contributed by atoms with E-state index in [0.29, 0.717) is 6.10 Å². The summed E-state index contributed by atoms with van der Waals surface area (Å²) in [6.45, 7) is 6.82. The van der Waals surface area contributed by atoms with Crippen molar-refractivity contribution in [1.82, 2.24) is 0 Å². The molecule has 1 atom stereocenters. The average Bonchev–Trinajstić information content (AvgIpc) is 2.80. The fourth-order valence-corrected chi connectivity index (χ4v) is 1.01. The van der Waals surface area contributed by atoms with E-state index in [9.17, 15) is 0 Å². The quantitative estimate of drug-likeness (QED) is 0.436. The molecule has 1 heteroatoms. The molecule has 1 saturated heterocycles. The molecule has 1 fully saturated rings. The Morgan fingerprint density at radius 1 is 1.73 bits per heavy atom. The summed E-state index contributed by atoms with van der Waals surface area (Å²) in [6.07, 6.45) is 8.10. The van der Waals surface area contributed by atoms with Gasteiger partial charge in [0.05, 0.1) is 12.7 Å². The Morgan fingerprint density at radius 3 is 3.00 bits per heavy atom. The van der Waals surface area contributed by atoms with Crippen molar-refractivity contribution >= 4 is 0 Å². The largest absolute Gasteiger partial charge is 0.373 e. The van der Waals surface area contributed by atoms with Crippen molar-refractivity contribution in [2.45, 2.75) is 32.3 Å². The number of hydrogen-bond donors (Lipinski definition) is 0. The number of epoxide rings is 1. The third-order valence-electron chi connectivity index (χ3n) is 1.90. The van der Waals surface area contributed by atoms with E-state index >= 15 is 0 Å². The Hall–Kier alpha value is -0.560. The zero-order valence-corrected chi connectivity index (χ0v) is 7.18. The Balaban J connectivity index is 2.07. The van der Waals surface area contributed by atoms with Crippen molar-refractivity contribution in [3.05, 3.63) is 24.3 Å². The number of hydrogen-bond acceptors (Lipinski definition) is 1. The van der Waals surface area contributed by atoms with Gasteiger partial charge < -0.3 is 4.74 Å². The molecule has 1 aliphatic heterocycles. The second-order valence-electron chi connectivity index (χ2n) is 3.07. The molecule has 0 radical (unpaired) electrons. The highest BCUT2D eigenvalue weighted by Crippen LogP contribution is 2.18. The van der Waals surface area contributed by atoms with Crippen LogP contribution < -0.4 is 0 Å². The van der Waals surface area contributed by atoms with Crippen molar-refractivity contribution in [2.75, 3.05) is 6.61 Å². The third kappa shape index (κ3) is 3.99. The maximum atomic E-state index is 5.12. The second-order valence-corrected chi connectivity index (χ2v) is 3.07. The van der Waals surface area contributed by atoms with E-state index in [1.165, 1.54) is 18.4 Å². The number of rotatable bonds is 5. The van der Waals surface area contributed by atoms with Gasteiger partial charge in [0.15, 0.2) is 0 Å². The van der Waals surface area contributed by atoms with Crippen molar-refractivity contribution < 1.29 is 4.74 Å². The van der Waals surface area contributed by atoms with Crippen LogP contribution in [0.2, 0.25) is 0 Å². The van der Waals surface area contributed by atoms with Gasteiger partial charge in [0.1, 0.15) is 0 Å². The molecule has 0 unspecified atom stereocenters. The molecule has 62 valence electrons. The van der Waals surface area contributed by atoms with Crippen LogP contribution in [0.25, 0.3) is 0 Å². The number of allylic oxidation sites excluding steroid dienone is 3. The summed E-state index contributed by atoms with van der Waals surface area (Å²) in [5.41, 5.74) is 1.46. The summed E-state index contributed by atoms with van der Waals surface area (Å²) in [5.74, 6) is 0. The fraction of sp³-hybridized carbons (Fsp3) is 0.600. The van der Waals surface area contributed by atoms with Gasteiger partial charge in [-0.05, 0) is 26.2 Å². The Bertz CT molecular complexity index is 154. The summed E-state index contributed by atoms with van der Waals surface area (Å²) in [6, 6.07) is 0. The van der Waals surface area contributed by atoms with Gasteiger partial charge in [-0.15, -0.1) is 6.58 Å². The van der Waals surface area contributed by atoms with Crippen LogP contribution >= 0.6 is 0 Å². The molecule has 1 aliphatic rings. The van der Waals surface area contributed by atoms with Crippen LogP contribution in [-0.2, 0) is 4.74 Å². The van der Waals surface area contributed by atoms with E-state index in [-0.39, 0.29) is 0 Å². The van der Waals surface area contributed by atoms with Crippen LogP contribution in [0.15, 0.2) is 24.3 Å². The maximum Gasteiger partial charge on any atom is 0.0813 e. The summed E-state index contributed by atoms with van der Waals surface area (Å²) in [4.78, 5) is 0. The van der Waals surface area contributed by atoms with E-state index in [4.69, 9.17) is 4.74 Å². The lowest BCUT2D eigenvalue weighted by Gasteiger charge is -1.96. The Kier molecular flexibility index (Phi) is 3.37. The smallest absolute Gasteiger partial charge is 0.0813 e. The van der Waals surface area contributed by atoms with E-state index < -0.39 is 0 Å². The molecule has 1 heterocycles. The molecule has 0 aromatic heterocycles. The first-order valence-electron chi connectivity index (χ1n) is 4.21. The SMILES string of the molecule is C=CC/C=C(/C)CC[C@@H]1CO1. The molecule has 0 aromatic rings. The minimum Gasteiger partial charge on any atom is -0.373 e. The monoisotopic (exact) mass is 152 g/mol. The number of ether oxygens (including phenoxy) is 1. The van der Waals surface area contributed by atoms with E-state index in [1.807, 2.05) is 6.08 Å². The summed E-state index contributed by atoms with van der Waals surface area (Å²) in [5, 5.41) is 0. The van der Waals surface area contributed by atoms with Crippen molar-refractivity contribution in [3.63, 3.8) is 0 Å². The lowest BCUT2D eigenvalue weighted by Crippen LogP contribution is -1.85. The lowest BCUT2D eigenvalue weighted by molar-refractivity contribution is 0.396. The molecule has 0 spiro atoms. The van der Waals surface area contributed by atoms with Gasteiger partial charge in [-0.2, -0.15) is 0 Å². The Labute approximate surface area is 68.8 Å². The first kappa shape index (κ1) is 8.54. The van der Waals surface area contributed by atoms with Gasteiger partial charge in [0.25, 0.3) is 0 Å². The minimum absolute atomic E-state index is 0.571. The topological polar surface area (TPSA) is 12.5 Å². The summed E-state index contributed by atoms with van der Waals surface area (Å²) >= 11 is 0. The molecule has 0 amide bonds. The van der Waals surface area contributed by atoms with Gasteiger partial charge in [-0.3, -0.25) is 0 Å². The maximum absolute atomic E-state index is 5.12. The highest BCUT2D eigenvalue weighted by Gasteiger charge is 2.21. The molecule has 1 nitrogen and oxygen atoms in total. The molecular formula is C10H16O. The zero-order chi connectivity index (χ0) is 8.10. The third-order valence-corrected chi connectivity index (χ3v) is 1.90. The van der Waals surface area contributed by atoms with Gasteiger partial charge in [0.2, 0.25) is 0 Å². The van der Waals surface area contributed by atoms with Crippen LogP contribution in [0, 0.1) is 0 Å². The molecule has 0 saturated carbocycles. The first-order chi connectivity index (χ1) is 5.33. The zero-order valence-electron chi connectivity index (χ0n) is 7.18. The molecule has 0 aliphatic carbocycles. The van der Waals surface area contributed by atoms with Crippen LogP contribution in [-0.4, -0.2) is 12.7 Å². The molecule has 1 rings (SSSR count). The predicted molar refractivity (Wildman–Crippen MR) is 47.5 cm³/mol. The van der Waals surface area contributed by atoms with E-state index in [1.54, 1.807) is 0 Å². The van der Waals surface area contributed by atoms with E-state index in [0.717, 1.165) is 13.0 Å². The van der Waals surface area contributed by atoms with Gasteiger partial charge >= 0.3 is 0 Å². The van der Waals surface area contributed by atoms with Crippen LogP contribution in [0.3, 0.4) is 0 Å². The summed E-state index contributed by atoms with van der Waals surface area (Å²) < 4.78 is 5.12. The molecule has 0 bridgehead atoms. The standard InChI is InChI=1S/C10H16O/c1-3-4-5-9(2)6-7-10-8-11-10/h3,5,10H,1,4,6-8H2,2H3/b9-5-/t10-/m1/s1. The van der Waals surface area contributed by atoms with Gasteiger partial charge in [-0.1, -0.05) is 17.7 Å². The molecule has 0 aromatic carbocycles. The summed E-state index contributed by atoms with van der Waals surface area (Å²) in [7, 11) is 0. The predicted octanol–water partition coefficient (Wildman–Crippen LogP) is 2.69. The normalized spacial score (nSPS) is 23.4. The van der Waals surface area contributed by atoms with Crippen molar-refractivity contribution in [2.24, 2.45) is 0 Å². The Morgan fingerprint density at radius 2 is 2.45 bits per heavy atom. The second kappa shape index (κ2) is 4.35. The van der Waals surface area contributed by atoms with E-state index in [2.05, 4.69) is 19.6 Å². The van der Waals surface area contributed by atoms with Crippen molar-refractivity contribution in [3.8, 4) is 0 Å². The van der Waals surface area contributed by atoms with Crippen LogP contribution in [0.1, 0.15) is 26.2 Å². The highest BCUT2D eigenvalue weighted by atomic mass is 16.6. The highest BCUT2D eigenvalue weighted by molar-refractivity contribution is 5.01. The lowest BCUT2D eigenvalue weighted by atomic mass is 10.1. The minimum atomic E-state index is 0.571. The van der Waals surface area contributed by atoms with Crippen LogP contribution in [0.4, 0.5) is 0 Å². The fourth-order valence-electron chi connectivity index (χ4n) is 1.01. The van der Waals surface area contributed by atoms with Gasteiger partial charge in [0, 0.05) is 0 Å². The van der Waals surface area contributed by atoms with Crippen molar-refractivity contribution in [1.29, 1.82) is 0 Å². The van der Waals surface area contributed by atoms with Gasteiger partial charge in [-0.25, -0.2) is 0 Å².